The Morgan fingerprint density at radius 1 is 1.50 bits per heavy atom. The molecule has 2 heterocycles. The van der Waals surface area contributed by atoms with Gasteiger partial charge in [0.1, 0.15) is 11.6 Å². The van der Waals surface area contributed by atoms with Crippen molar-refractivity contribution in [2.45, 2.75) is 6.92 Å². The van der Waals surface area contributed by atoms with E-state index in [1.807, 2.05) is 0 Å². The molecule has 0 saturated carbocycles. The Hall–Kier alpha value is -1.81. The van der Waals surface area contributed by atoms with Gasteiger partial charge in [-0.1, -0.05) is 0 Å². The van der Waals surface area contributed by atoms with Gasteiger partial charge < -0.3 is 5.73 Å². The fraction of sp³-hybridized carbons (Fsp3) is 0.222. The van der Waals surface area contributed by atoms with E-state index in [0.717, 1.165) is 0 Å². The molecule has 0 amide bonds. The van der Waals surface area contributed by atoms with Crippen molar-refractivity contribution in [3.8, 4) is 11.9 Å². The van der Waals surface area contributed by atoms with Gasteiger partial charge in [0, 0.05) is 13.2 Å². The zero-order valence-corrected chi connectivity index (χ0v) is 10.4. The first-order chi connectivity index (χ1) is 7.54. The second-order valence-corrected chi connectivity index (χ2v) is 4.18. The summed E-state index contributed by atoms with van der Waals surface area (Å²) in [6, 6.07) is 2.11. The lowest BCUT2D eigenvalue weighted by Crippen LogP contribution is -2.05. The number of nitriles is 1. The molecule has 0 bridgehead atoms. The minimum absolute atomic E-state index is 0.378. The van der Waals surface area contributed by atoms with Gasteiger partial charge in [0.2, 0.25) is 0 Å². The Labute approximate surface area is 100 Å². The molecule has 0 spiro atoms. The van der Waals surface area contributed by atoms with E-state index >= 15 is 0 Å². The number of aryl methyl sites for hydroxylation is 2. The van der Waals surface area contributed by atoms with Gasteiger partial charge in [-0.15, -0.1) is 5.10 Å². The molecular weight excluding hydrogens is 272 g/mol. The maximum atomic E-state index is 9.06. The lowest BCUT2D eigenvalue weighted by molar-refractivity contribution is 0.694. The van der Waals surface area contributed by atoms with Gasteiger partial charge >= 0.3 is 0 Å². The molecule has 16 heavy (non-hydrogen) atoms. The largest absolute Gasteiger partial charge is 0.381 e. The molecule has 0 aliphatic carbocycles. The number of aromatic nitrogens is 4. The van der Waals surface area contributed by atoms with Gasteiger partial charge in [-0.25, -0.2) is 9.36 Å². The Morgan fingerprint density at radius 3 is 2.69 bits per heavy atom. The number of anilines is 1. The van der Waals surface area contributed by atoms with Crippen molar-refractivity contribution in [3.63, 3.8) is 0 Å². The van der Waals surface area contributed by atoms with Crippen LogP contribution in [0.2, 0.25) is 0 Å². The van der Waals surface area contributed by atoms with Gasteiger partial charge in [-0.05, 0) is 22.9 Å². The summed E-state index contributed by atoms with van der Waals surface area (Å²) in [5, 5.41) is 17.3. The third kappa shape index (κ3) is 1.47. The normalized spacial score (nSPS) is 10.4. The van der Waals surface area contributed by atoms with E-state index in [0.29, 0.717) is 27.4 Å². The van der Waals surface area contributed by atoms with E-state index in [-0.39, 0.29) is 0 Å². The summed E-state index contributed by atoms with van der Waals surface area (Å²) in [6.07, 6.45) is 1.70. The highest BCUT2D eigenvalue weighted by molar-refractivity contribution is 9.10. The standard InChI is InChI=1S/C9H9BrN6/c1-5-6(3-11)9(15(2)13-5)16-4-7(10)8(12)14-16/h4H,1-2H3,(H2,12,14). The van der Waals surface area contributed by atoms with Crippen molar-refractivity contribution < 1.29 is 0 Å². The van der Waals surface area contributed by atoms with Crippen LogP contribution < -0.4 is 5.73 Å². The first-order valence-corrected chi connectivity index (χ1v) is 5.28. The number of hydrogen-bond acceptors (Lipinski definition) is 4. The van der Waals surface area contributed by atoms with Crippen LogP contribution in [0.25, 0.3) is 5.82 Å². The van der Waals surface area contributed by atoms with Gasteiger partial charge in [-0.3, -0.25) is 0 Å². The van der Waals surface area contributed by atoms with Crippen LogP contribution in [0.5, 0.6) is 0 Å². The first kappa shape index (κ1) is 10.7. The molecule has 2 rings (SSSR count). The van der Waals surface area contributed by atoms with Gasteiger partial charge in [0.25, 0.3) is 0 Å². The van der Waals surface area contributed by atoms with Gasteiger partial charge in [0.05, 0.1) is 10.2 Å². The van der Waals surface area contributed by atoms with E-state index in [1.54, 1.807) is 24.9 Å². The number of hydrogen-bond donors (Lipinski definition) is 1. The fourth-order valence-corrected chi connectivity index (χ4v) is 1.79. The topological polar surface area (TPSA) is 85.4 Å². The number of rotatable bonds is 1. The summed E-state index contributed by atoms with van der Waals surface area (Å²) in [5.74, 6) is 0.986. The zero-order valence-electron chi connectivity index (χ0n) is 8.77. The van der Waals surface area contributed by atoms with Gasteiger partial charge in [0.15, 0.2) is 11.6 Å². The fourth-order valence-electron chi connectivity index (χ4n) is 1.51. The lowest BCUT2D eigenvalue weighted by atomic mass is 10.3. The van der Waals surface area contributed by atoms with E-state index in [2.05, 4.69) is 32.2 Å². The van der Waals surface area contributed by atoms with Crippen LogP contribution in [0.4, 0.5) is 5.82 Å². The number of halogens is 1. The van der Waals surface area contributed by atoms with Crippen LogP contribution >= 0.6 is 15.9 Å². The predicted octanol–water partition coefficient (Wildman–Crippen LogP) is 1.13. The van der Waals surface area contributed by atoms with Crippen LogP contribution in [-0.4, -0.2) is 19.6 Å². The molecular formula is C9H9BrN6. The monoisotopic (exact) mass is 280 g/mol. The van der Waals surface area contributed by atoms with Gasteiger partial charge in [-0.2, -0.15) is 10.4 Å². The molecule has 2 N–H and O–H groups in total. The van der Waals surface area contributed by atoms with E-state index in [9.17, 15) is 0 Å². The summed E-state index contributed by atoms with van der Waals surface area (Å²) in [4.78, 5) is 0. The summed E-state index contributed by atoms with van der Waals surface area (Å²) in [5.41, 5.74) is 6.80. The molecule has 2 aromatic heterocycles. The molecule has 0 atom stereocenters. The number of nitrogen functional groups attached to an aromatic ring is 1. The zero-order chi connectivity index (χ0) is 11.9. The van der Waals surface area contributed by atoms with Crippen LogP contribution in [0, 0.1) is 18.3 Å². The third-order valence-corrected chi connectivity index (χ3v) is 2.83. The summed E-state index contributed by atoms with van der Waals surface area (Å²) < 4.78 is 3.83. The van der Waals surface area contributed by atoms with Crippen molar-refractivity contribution in [1.29, 1.82) is 5.26 Å². The summed E-state index contributed by atoms with van der Waals surface area (Å²) in [6.45, 7) is 1.78. The summed E-state index contributed by atoms with van der Waals surface area (Å²) >= 11 is 3.27. The third-order valence-electron chi connectivity index (χ3n) is 2.22. The van der Waals surface area contributed by atoms with E-state index < -0.39 is 0 Å². The molecule has 0 aromatic carbocycles. The second kappa shape index (κ2) is 3.64. The van der Waals surface area contributed by atoms with E-state index in [1.165, 1.54) is 4.68 Å². The summed E-state index contributed by atoms with van der Waals surface area (Å²) in [7, 11) is 1.76. The highest BCUT2D eigenvalue weighted by atomic mass is 79.9. The molecule has 6 nitrogen and oxygen atoms in total. The molecule has 0 aliphatic rings. The van der Waals surface area contributed by atoms with Crippen LogP contribution in [0.15, 0.2) is 10.7 Å². The Bertz CT molecular complexity index is 568. The van der Waals surface area contributed by atoms with Crippen molar-refractivity contribution in [2.24, 2.45) is 7.05 Å². The van der Waals surface area contributed by atoms with Crippen LogP contribution in [-0.2, 0) is 7.05 Å². The minimum Gasteiger partial charge on any atom is -0.381 e. The molecule has 82 valence electrons. The highest BCUT2D eigenvalue weighted by Crippen LogP contribution is 2.22. The van der Waals surface area contributed by atoms with Crippen molar-refractivity contribution in [2.75, 3.05) is 5.73 Å². The molecule has 7 heteroatoms. The number of nitrogens with zero attached hydrogens (tertiary/aromatic N) is 5. The SMILES string of the molecule is Cc1nn(C)c(-n2cc(Br)c(N)n2)c1C#N. The molecule has 0 fully saturated rings. The Morgan fingerprint density at radius 2 is 2.19 bits per heavy atom. The highest BCUT2D eigenvalue weighted by Gasteiger charge is 2.16. The maximum Gasteiger partial charge on any atom is 0.170 e. The Balaban J connectivity index is 2.69. The first-order valence-electron chi connectivity index (χ1n) is 4.49. The maximum absolute atomic E-state index is 9.06. The van der Waals surface area contributed by atoms with Crippen molar-refractivity contribution in [1.82, 2.24) is 19.6 Å². The lowest BCUT2D eigenvalue weighted by Gasteiger charge is -2.01. The number of nitrogens with two attached hydrogens (primary N) is 1. The molecule has 0 saturated heterocycles. The second-order valence-electron chi connectivity index (χ2n) is 3.33. The molecule has 0 unspecified atom stereocenters. The molecule has 0 radical (unpaired) electrons. The average molecular weight is 281 g/mol. The Kier molecular flexibility index (Phi) is 2.44. The smallest absolute Gasteiger partial charge is 0.170 e. The quantitative estimate of drug-likeness (QED) is 0.849. The minimum atomic E-state index is 0.378. The van der Waals surface area contributed by atoms with Crippen LogP contribution in [0.3, 0.4) is 0 Å². The molecule has 2 aromatic rings. The van der Waals surface area contributed by atoms with Crippen LogP contribution in [0.1, 0.15) is 11.3 Å². The average Bonchev–Trinajstić information content (AvgIpc) is 2.67. The predicted molar refractivity (Wildman–Crippen MR) is 61.9 cm³/mol. The molecule has 0 aliphatic heterocycles. The van der Waals surface area contributed by atoms with E-state index in [4.69, 9.17) is 11.0 Å². The van der Waals surface area contributed by atoms with Crippen molar-refractivity contribution >= 4 is 21.7 Å². The van der Waals surface area contributed by atoms with Crippen molar-refractivity contribution in [3.05, 3.63) is 21.9 Å².